The molecule has 0 aromatic heterocycles. The van der Waals surface area contributed by atoms with E-state index in [-0.39, 0.29) is 6.10 Å². The fourth-order valence-corrected chi connectivity index (χ4v) is 2.25. The molecular weight excluding hydrogens is 573 g/mol. The molecule has 1 aliphatic heterocycles. The molecule has 0 radical (unpaired) electrons. The number of nitrogens with zero attached hydrogens (tertiary/aromatic N) is 1. The molecule has 1 aromatic carbocycles. The number of carboxylic acids is 2. The number of ether oxygens (including phenoxy) is 1. The molecule has 1 aromatic rings. The molecule has 1 heterocycles. The van der Waals surface area contributed by atoms with E-state index < -0.39 is 36.1 Å². The van der Waals surface area contributed by atoms with Crippen LogP contribution in [0, 0.1) is 0 Å². The minimum Gasteiger partial charge on any atom is -0.480 e. The SMILES string of the molecule is CC(Oc1c(Cl)cccc1Cl)C1=NCCN1.O=C(O)C(F)(F)C(F)(F)F.O=C(O)C(F)(F)C(F)(F)F. The zero-order valence-electron chi connectivity index (χ0n) is 17.3. The van der Waals surface area contributed by atoms with Crippen molar-refractivity contribution in [1.29, 1.82) is 0 Å². The van der Waals surface area contributed by atoms with Gasteiger partial charge < -0.3 is 20.3 Å². The van der Waals surface area contributed by atoms with Gasteiger partial charge >= 0.3 is 36.1 Å². The number of amidine groups is 1. The molecule has 2 rings (SSSR count). The molecular formula is C17H14Cl2F10N2O5. The summed E-state index contributed by atoms with van der Waals surface area (Å²) in [6, 6.07) is 5.28. The van der Waals surface area contributed by atoms with Crippen LogP contribution in [0.1, 0.15) is 6.92 Å². The number of nitrogens with one attached hydrogen (secondary N) is 1. The molecule has 0 spiro atoms. The van der Waals surface area contributed by atoms with Gasteiger partial charge in [-0.05, 0) is 19.1 Å². The number of hydrogen-bond donors (Lipinski definition) is 3. The Morgan fingerprint density at radius 3 is 1.56 bits per heavy atom. The summed E-state index contributed by atoms with van der Waals surface area (Å²) in [6.07, 6.45) is -12.2. The van der Waals surface area contributed by atoms with Gasteiger partial charge in [-0.1, -0.05) is 29.3 Å². The average molecular weight is 587 g/mol. The standard InChI is InChI=1S/C11H12Cl2N2O.2C3HF5O2/c1-7(11-14-5-6-15-11)16-10-8(12)3-2-4-9(10)13;2*4-2(5,1(9)10)3(6,7)8/h2-4,7H,5-6H2,1H3,(H,14,15);2*(H,9,10). The van der Waals surface area contributed by atoms with Crippen LogP contribution in [-0.2, 0) is 9.59 Å². The first-order valence-electron chi connectivity index (χ1n) is 8.82. The number of halogens is 12. The third-order valence-corrected chi connectivity index (χ3v) is 4.14. The van der Waals surface area contributed by atoms with Crippen molar-refractivity contribution in [2.45, 2.75) is 37.2 Å². The molecule has 7 nitrogen and oxygen atoms in total. The van der Waals surface area contributed by atoms with Crippen LogP contribution >= 0.6 is 23.2 Å². The first kappa shape index (κ1) is 33.3. The Bertz CT molecular complexity index is 898. The smallest absolute Gasteiger partial charge is 0.465 e. The zero-order chi connectivity index (χ0) is 28.7. The maximum Gasteiger partial charge on any atom is 0.465 e. The maximum atomic E-state index is 11.3. The van der Waals surface area contributed by atoms with Crippen LogP contribution in [0.5, 0.6) is 5.75 Å². The summed E-state index contributed by atoms with van der Waals surface area (Å²) in [5.41, 5.74) is 0. The van der Waals surface area contributed by atoms with Crippen LogP contribution < -0.4 is 10.1 Å². The Balaban J connectivity index is 0.000000540. The summed E-state index contributed by atoms with van der Waals surface area (Å²) in [5, 5.41) is 18.8. The van der Waals surface area contributed by atoms with Crippen molar-refractivity contribution in [1.82, 2.24) is 5.32 Å². The third-order valence-electron chi connectivity index (χ3n) is 3.55. The van der Waals surface area contributed by atoms with E-state index in [9.17, 15) is 53.5 Å². The highest BCUT2D eigenvalue weighted by atomic mass is 35.5. The minimum absolute atomic E-state index is 0.167. The fourth-order valence-electron chi connectivity index (χ4n) is 1.76. The van der Waals surface area contributed by atoms with E-state index in [2.05, 4.69) is 10.3 Å². The van der Waals surface area contributed by atoms with Gasteiger partial charge in [0, 0.05) is 6.54 Å². The molecule has 0 saturated heterocycles. The summed E-state index contributed by atoms with van der Waals surface area (Å²) in [5.74, 6) is -16.3. The summed E-state index contributed by atoms with van der Waals surface area (Å²) < 4.78 is 117. The Labute approximate surface area is 204 Å². The van der Waals surface area contributed by atoms with Crippen LogP contribution in [0.2, 0.25) is 10.0 Å². The van der Waals surface area contributed by atoms with Crippen LogP contribution in [0.3, 0.4) is 0 Å². The normalized spacial score (nSPS) is 14.8. The topological polar surface area (TPSA) is 108 Å². The van der Waals surface area contributed by atoms with Crippen LogP contribution in [0.4, 0.5) is 43.9 Å². The van der Waals surface area contributed by atoms with Gasteiger partial charge in [0.1, 0.15) is 5.84 Å². The Morgan fingerprint density at radius 1 is 0.917 bits per heavy atom. The van der Waals surface area contributed by atoms with Gasteiger partial charge in [-0.25, -0.2) is 9.59 Å². The highest BCUT2D eigenvalue weighted by Gasteiger charge is 2.64. The number of carboxylic acid groups (broad SMARTS) is 2. The van der Waals surface area contributed by atoms with Crippen LogP contribution in [0.15, 0.2) is 23.2 Å². The highest BCUT2D eigenvalue weighted by Crippen LogP contribution is 2.36. The molecule has 36 heavy (non-hydrogen) atoms. The van der Waals surface area contributed by atoms with Gasteiger partial charge in [-0.2, -0.15) is 43.9 Å². The van der Waals surface area contributed by atoms with Gasteiger partial charge in [-0.3, -0.25) is 4.99 Å². The van der Waals surface area contributed by atoms with Crippen LogP contribution in [-0.4, -0.2) is 71.4 Å². The number of para-hydroxylation sites is 1. The molecule has 0 saturated carbocycles. The van der Waals surface area contributed by atoms with Gasteiger partial charge in [0.25, 0.3) is 0 Å². The second kappa shape index (κ2) is 12.5. The number of hydrogen-bond acceptors (Lipinski definition) is 5. The van der Waals surface area contributed by atoms with E-state index in [0.29, 0.717) is 15.8 Å². The summed E-state index contributed by atoms with van der Waals surface area (Å²) >= 11 is 12.0. The highest BCUT2D eigenvalue weighted by molar-refractivity contribution is 6.37. The zero-order valence-corrected chi connectivity index (χ0v) is 18.8. The lowest BCUT2D eigenvalue weighted by molar-refractivity contribution is -0.278. The Hall–Kier alpha value is -2.69. The monoisotopic (exact) mass is 586 g/mol. The summed E-state index contributed by atoms with van der Waals surface area (Å²) in [6.45, 7) is 3.56. The van der Waals surface area contributed by atoms with Crippen LogP contribution in [0.25, 0.3) is 0 Å². The number of benzene rings is 1. The van der Waals surface area contributed by atoms with Crippen molar-refractivity contribution in [3.63, 3.8) is 0 Å². The van der Waals surface area contributed by atoms with Crippen molar-refractivity contribution in [3.05, 3.63) is 28.2 Å². The van der Waals surface area contributed by atoms with E-state index >= 15 is 0 Å². The van der Waals surface area contributed by atoms with Crippen molar-refractivity contribution < 1.29 is 68.4 Å². The lowest BCUT2D eigenvalue weighted by Crippen LogP contribution is -2.43. The average Bonchev–Trinajstić information content (AvgIpc) is 3.25. The summed E-state index contributed by atoms with van der Waals surface area (Å²) in [4.78, 5) is 22.7. The Morgan fingerprint density at radius 2 is 1.31 bits per heavy atom. The predicted molar refractivity (Wildman–Crippen MR) is 104 cm³/mol. The second-order valence-electron chi connectivity index (χ2n) is 6.26. The molecule has 0 amide bonds. The molecule has 19 heteroatoms. The first-order chi connectivity index (χ1) is 16.1. The van der Waals surface area contributed by atoms with Gasteiger partial charge in [0.15, 0.2) is 11.9 Å². The van der Waals surface area contributed by atoms with Crippen molar-refractivity contribution in [2.75, 3.05) is 13.1 Å². The molecule has 0 fully saturated rings. The van der Waals surface area contributed by atoms with E-state index in [1.54, 1.807) is 18.2 Å². The number of rotatable bonds is 5. The fraction of sp³-hybridized carbons (Fsp3) is 0.471. The van der Waals surface area contributed by atoms with Crippen molar-refractivity contribution >= 4 is 41.0 Å². The predicted octanol–water partition coefficient (Wildman–Crippen LogP) is 5.30. The largest absolute Gasteiger partial charge is 0.480 e. The molecule has 206 valence electrons. The lowest BCUT2D eigenvalue weighted by atomic mass is 10.3. The maximum absolute atomic E-state index is 11.3. The summed E-state index contributed by atoms with van der Waals surface area (Å²) in [7, 11) is 0. The van der Waals surface area contributed by atoms with E-state index in [1.165, 1.54) is 0 Å². The molecule has 3 N–H and O–H groups in total. The molecule has 1 aliphatic rings. The van der Waals surface area contributed by atoms with E-state index in [0.717, 1.165) is 18.9 Å². The van der Waals surface area contributed by atoms with Crippen molar-refractivity contribution in [3.8, 4) is 5.75 Å². The molecule has 0 bridgehead atoms. The van der Waals surface area contributed by atoms with Crippen molar-refractivity contribution in [2.24, 2.45) is 4.99 Å². The minimum atomic E-state index is -6.02. The Kier molecular flexibility index (Phi) is 11.6. The molecule has 1 atom stereocenters. The number of alkyl halides is 10. The molecule has 0 aliphatic carbocycles. The quantitative estimate of drug-likeness (QED) is 0.404. The number of carbonyl (C=O) groups is 2. The first-order valence-corrected chi connectivity index (χ1v) is 9.57. The lowest BCUT2D eigenvalue weighted by Gasteiger charge is -2.16. The molecule has 1 unspecified atom stereocenters. The van der Waals surface area contributed by atoms with Gasteiger partial charge in [0.2, 0.25) is 0 Å². The van der Waals surface area contributed by atoms with Gasteiger partial charge in [-0.15, -0.1) is 0 Å². The van der Waals surface area contributed by atoms with E-state index in [4.69, 9.17) is 38.2 Å². The van der Waals surface area contributed by atoms with Gasteiger partial charge in [0.05, 0.1) is 16.6 Å². The second-order valence-corrected chi connectivity index (χ2v) is 7.07. The number of aliphatic carboxylic acids is 2. The third kappa shape index (κ3) is 9.07. The van der Waals surface area contributed by atoms with E-state index in [1.807, 2.05) is 6.92 Å². The number of aliphatic imine (C=N–C) groups is 1.